The quantitative estimate of drug-likeness (QED) is 0.913. The van der Waals surface area contributed by atoms with Crippen LogP contribution in [0.15, 0.2) is 24.4 Å². The van der Waals surface area contributed by atoms with Gasteiger partial charge in [-0.15, -0.1) is 5.10 Å². The van der Waals surface area contributed by atoms with Crippen molar-refractivity contribution < 1.29 is 4.39 Å². The van der Waals surface area contributed by atoms with Crippen LogP contribution in [0.4, 0.5) is 4.39 Å². The van der Waals surface area contributed by atoms with Gasteiger partial charge in [0, 0.05) is 11.1 Å². The molecule has 0 saturated heterocycles. The van der Waals surface area contributed by atoms with E-state index in [1.165, 1.54) is 18.2 Å². The first-order valence-electron chi connectivity index (χ1n) is 5.16. The molecule has 2 rings (SSSR count). The molecule has 1 heterocycles. The molecular weight excluding hydrogens is 243 g/mol. The van der Waals surface area contributed by atoms with Crippen LogP contribution >= 0.6 is 11.6 Å². The molecule has 6 heteroatoms. The standard InChI is InChI=1S/C11H12ClFN4/c1-7(14)11-6-17(16-15-11)5-8-4-9(13)2-3-10(8)12/h2-4,6-7H,5,14H2,1H3. The normalized spacial score (nSPS) is 12.7. The number of nitrogens with two attached hydrogens (primary N) is 1. The first-order chi connectivity index (χ1) is 8.06. The number of hydrogen-bond acceptors (Lipinski definition) is 3. The Labute approximate surface area is 103 Å². The summed E-state index contributed by atoms with van der Waals surface area (Å²) in [4.78, 5) is 0. The minimum absolute atomic E-state index is 0.174. The molecule has 0 aliphatic heterocycles. The molecule has 0 spiro atoms. The van der Waals surface area contributed by atoms with Crippen LogP contribution in [-0.2, 0) is 6.54 Å². The van der Waals surface area contributed by atoms with Crippen LogP contribution in [0.2, 0.25) is 5.02 Å². The van der Waals surface area contributed by atoms with Gasteiger partial charge in [0.15, 0.2) is 0 Å². The molecule has 1 atom stereocenters. The largest absolute Gasteiger partial charge is 0.323 e. The fraction of sp³-hybridized carbons (Fsp3) is 0.273. The van der Waals surface area contributed by atoms with Crippen LogP contribution in [0.25, 0.3) is 0 Å². The van der Waals surface area contributed by atoms with Crippen molar-refractivity contribution in [2.75, 3.05) is 0 Å². The fourth-order valence-electron chi connectivity index (χ4n) is 1.44. The second-order valence-corrected chi connectivity index (χ2v) is 4.27. The SMILES string of the molecule is CC(N)c1cn(Cc2cc(F)ccc2Cl)nn1. The number of nitrogens with zero attached hydrogens (tertiary/aromatic N) is 3. The van der Waals surface area contributed by atoms with E-state index < -0.39 is 0 Å². The smallest absolute Gasteiger partial charge is 0.123 e. The molecule has 2 N–H and O–H groups in total. The Hall–Kier alpha value is -1.46. The van der Waals surface area contributed by atoms with Gasteiger partial charge in [0.05, 0.1) is 18.4 Å². The van der Waals surface area contributed by atoms with E-state index in [9.17, 15) is 4.39 Å². The minimum Gasteiger partial charge on any atom is -0.323 e. The summed E-state index contributed by atoms with van der Waals surface area (Å²) in [6.45, 7) is 2.19. The van der Waals surface area contributed by atoms with Crippen molar-refractivity contribution >= 4 is 11.6 Å². The molecule has 0 saturated carbocycles. The number of rotatable bonds is 3. The van der Waals surface area contributed by atoms with Gasteiger partial charge < -0.3 is 5.73 Å². The van der Waals surface area contributed by atoms with Crippen LogP contribution in [0.3, 0.4) is 0 Å². The van der Waals surface area contributed by atoms with Crippen molar-refractivity contribution in [2.45, 2.75) is 19.5 Å². The van der Waals surface area contributed by atoms with E-state index in [1.54, 1.807) is 10.9 Å². The van der Waals surface area contributed by atoms with Crippen LogP contribution in [0.5, 0.6) is 0 Å². The van der Waals surface area contributed by atoms with Crippen molar-refractivity contribution in [1.82, 2.24) is 15.0 Å². The minimum atomic E-state index is -0.322. The molecule has 1 aromatic heterocycles. The zero-order valence-corrected chi connectivity index (χ0v) is 10.0. The molecule has 17 heavy (non-hydrogen) atoms. The lowest BCUT2D eigenvalue weighted by molar-refractivity contribution is 0.614. The monoisotopic (exact) mass is 254 g/mol. The molecule has 1 aromatic carbocycles. The van der Waals surface area contributed by atoms with Gasteiger partial charge in [0.25, 0.3) is 0 Å². The third-order valence-corrected chi connectivity index (χ3v) is 2.73. The summed E-state index contributed by atoms with van der Waals surface area (Å²) >= 11 is 5.96. The maximum atomic E-state index is 13.1. The van der Waals surface area contributed by atoms with E-state index in [2.05, 4.69) is 10.3 Å². The predicted octanol–water partition coefficient (Wildman–Crippen LogP) is 2.14. The van der Waals surface area contributed by atoms with Gasteiger partial charge in [-0.2, -0.15) is 0 Å². The first-order valence-corrected chi connectivity index (χ1v) is 5.53. The van der Waals surface area contributed by atoms with Gasteiger partial charge in [0.1, 0.15) is 5.82 Å². The summed E-state index contributed by atoms with van der Waals surface area (Å²) in [7, 11) is 0. The zero-order valence-electron chi connectivity index (χ0n) is 9.27. The van der Waals surface area contributed by atoms with E-state index in [-0.39, 0.29) is 11.9 Å². The van der Waals surface area contributed by atoms with Crippen molar-refractivity contribution in [3.05, 3.63) is 46.5 Å². The molecule has 0 bridgehead atoms. The second-order valence-electron chi connectivity index (χ2n) is 3.87. The second kappa shape index (κ2) is 4.81. The lowest BCUT2D eigenvalue weighted by Gasteiger charge is -2.03. The van der Waals surface area contributed by atoms with Crippen LogP contribution in [0.1, 0.15) is 24.2 Å². The van der Waals surface area contributed by atoms with E-state index in [0.29, 0.717) is 22.8 Å². The average molecular weight is 255 g/mol. The Morgan fingerprint density at radius 1 is 1.53 bits per heavy atom. The Kier molecular flexibility index (Phi) is 3.40. The van der Waals surface area contributed by atoms with Crippen molar-refractivity contribution in [3.63, 3.8) is 0 Å². The summed E-state index contributed by atoms with van der Waals surface area (Å²) in [6.07, 6.45) is 1.73. The number of aromatic nitrogens is 3. The molecule has 4 nitrogen and oxygen atoms in total. The lowest BCUT2D eigenvalue weighted by atomic mass is 10.2. The van der Waals surface area contributed by atoms with E-state index >= 15 is 0 Å². The van der Waals surface area contributed by atoms with Crippen LogP contribution < -0.4 is 5.73 Å². The maximum absolute atomic E-state index is 13.1. The van der Waals surface area contributed by atoms with Crippen molar-refractivity contribution in [1.29, 1.82) is 0 Å². The molecule has 0 aliphatic carbocycles. The Morgan fingerprint density at radius 3 is 2.94 bits per heavy atom. The van der Waals surface area contributed by atoms with E-state index in [0.717, 1.165) is 0 Å². The molecule has 0 radical (unpaired) electrons. The lowest BCUT2D eigenvalue weighted by Crippen LogP contribution is -2.05. The van der Waals surface area contributed by atoms with E-state index in [4.69, 9.17) is 17.3 Å². The molecule has 0 amide bonds. The van der Waals surface area contributed by atoms with E-state index in [1.807, 2.05) is 6.92 Å². The number of hydrogen-bond donors (Lipinski definition) is 1. The van der Waals surface area contributed by atoms with Gasteiger partial charge in [-0.05, 0) is 30.7 Å². The fourth-order valence-corrected chi connectivity index (χ4v) is 1.62. The third-order valence-electron chi connectivity index (χ3n) is 2.36. The highest BCUT2D eigenvalue weighted by Gasteiger charge is 2.07. The molecular formula is C11H12ClFN4. The van der Waals surface area contributed by atoms with Crippen molar-refractivity contribution in [3.8, 4) is 0 Å². The Balaban J connectivity index is 2.22. The van der Waals surface area contributed by atoms with Gasteiger partial charge >= 0.3 is 0 Å². The highest BCUT2D eigenvalue weighted by atomic mass is 35.5. The molecule has 2 aromatic rings. The van der Waals surface area contributed by atoms with Crippen LogP contribution in [0, 0.1) is 5.82 Å². The summed E-state index contributed by atoms with van der Waals surface area (Å²) in [6, 6.07) is 4.05. The highest BCUT2D eigenvalue weighted by Crippen LogP contribution is 2.18. The van der Waals surface area contributed by atoms with Crippen LogP contribution in [-0.4, -0.2) is 15.0 Å². The third kappa shape index (κ3) is 2.81. The summed E-state index contributed by atoms with van der Waals surface area (Å²) < 4.78 is 14.6. The summed E-state index contributed by atoms with van der Waals surface area (Å²) in [5.74, 6) is -0.322. The maximum Gasteiger partial charge on any atom is 0.123 e. The Bertz CT molecular complexity index is 524. The summed E-state index contributed by atoms with van der Waals surface area (Å²) in [5.41, 5.74) is 7.02. The average Bonchev–Trinajstić information content (AvgIpc) is 2.72. The topological polar surface area (TPSA) is 56.7 Å². The number of halogens is 2. The van der Waals surface area contributed by atoms with Gasteiger partial charge in [0.2, 0.25) is 0 Å². The Morgan fingerprint density at radius 2 is 2.29 bits per heavy atom. The zero-order chi connectivity index (χ0) is 12.4. The predicted molar refractivity (Wildman–Crippen MR) is 63.1 cm³/mol. The first kappa shape index (κ1) is 12.0. The molecule has 90 valence electrons. The number of benzene rings is 1. The summed E-state index contributed by atoms with van der Waals surface area (Å²) in [5, 5.41) is 8.33. The van der Waals surface area contributed by atoms with Crippen molar-refractivity contribution in [2.24, 2.45) is 5.73 Å². The molecule has 0 fully saturated rings. The molecule has 0 aliphatic rings. The molecule has 1 unspecified atom stereocenters. The van der Waals surface area contributed by atoms with Gasteiger partial charge in [-0.3, -0.25) is 0 Å². The van der Waals surface area contributed by atoms with Gasteiger partial charge in [-0.25, -0.2) is 9.07 Å². The van der Waals surface area contributed by atoms with Gasteiger partial charge in [-0.1, -0.05) is 16.8 Å². The highest BCUT2D eigenvalue weighted by molar-refractivity contribution is 6.31.